The van der Waals surface area contributed by atoms with Crippen LogP contribution in [0.2, 0.25) is 0 Å². The lowest BCUT2D eigenvalue weighted by molar-refractivity contribution is 0.290. The molecule has 1 aliphatic rings. The van der Waals surface area contributed by atoms with Gasteiger partial charge in [0.25, 0.3) is 0 Å². The van der Waals surface area contributed by atoms with Crippen molar-refractivity contribution in [2.75, 3.05) is 24.3 Å². The number of nitrogens with zero attached hydrogens (tertiary/aromatic N) is 1. The zero-order valence-electron chi connectivity index (χ0n) is 16.7. The third-order valence-electron chi connectivity index (χ3n) is 5.73. The standard InChI is InChI=1S/C22H28BrNO3S/c1-4-6-12-22(5-2)15-24(17-10-8-7-9-11-17)19-13-18(23)20(27-3)14-21(19)28(25,26)16-22/h7-11,13-14H,4-6,12,15-16H2,1-3H3. The molecule has 152 valence electrons. The van der Waals surface area contributed by atoms with Crippen molar-refractivity contribution in [3.05, 3.63) is 46.9 Å². The number of hydrogen-bond donors (Lipinski definition) is 0. The van der Waals surface area contributed by atoms with Gasteiger partial charge in [-0.25, -0.2) is 8.42 Å². The number of fused-ring (bicyclic) bond motifs is 1. The Morgan fingerprint density at radius 1 is 1.18 bits per heavy atom. The molecule has 0 amide bonds. The molecule has 1 unspecified atom stereocenters. The first kappa shape index (κ1) is 21.2. The van der Waals surface area contributed by atoms with Gasteiger partial charge >= 0.3 is 0 Å². The van der Waals surface area contributed by atoms with Gasteiger partial charge in [-0.2, -0.15) is 0 Å². The Labute approximate surface area is 176 Å². The van der Waals surface area contributed by atoms with Crippen LogP contribution in [0.15, 0.2) is 51.8 Å². The smallest absolute Gasteiger partial charge is 0.181 e. The maximum Gasteiger partial charge on any atom is 0.181 e. The molecule has 0 radical (unpaired) electrons. The highest BCUT2D eigenvalue weighted by atomic mass is 79.9. The quantitative estimate of drug-likeness (QED) is 0.526. The van der Waals surface area contributed by atoms with Crippen molar-refractivity contribution in [3.8, 4) is 5.75 Å². The van der Waals surface area contributed by atoms with E-state index in [4.69, 9.17) is 4.74 Å². The number of sulfone groups is 1. The maximum absolute atomic E-state index is 13.5. The Balaban J connectivity index is 2.25. The minimum absolute atomic E-state index is 0.164. The number of rotatable bonds is 6. The Morgan fingerprint density at radius 2 is 1.89 bits per heavy atom. The highest BCUT2D eigenvalue weighted by Crippen LogP contribution is 2.46. The van der Waals surface area contributed by atoms with Crippen LogP contribution in [0.3, 0.4) is 0 Å². The summed E-state index contributed by atoms with van der Waals surface area (Å²) in [7, 11) is -1.90. The first-order valence-corrected chi connectivity index (χ1v) is 12.2. The maximum atomic E-state index is 13.5. The summed E-state index contributed by atoms with van der Waals surface area (Å²) in [5.41, 5.74) is 1.43. The second-order valence-corrected chi connectivity index (χ2v) is 10.4. The Hall–Kier alpha value is -1.53. The van der Waals surface area contributed by atoms with E-state index in [0.717, 1.165) is 35.8 Å². The molecule has 0 saturated carbocycles. The summed E-state index contributed by atoms with van der Waals surface area (Å²) in [6, 6.07) is 13.6. The summed E-state index contributed by atoms with van der Waals surface area (Å²) < 4.78 is 33.1. The van der Waals surface area contributed by atoms with Crippen LogP contribution < -0.4 is 9.64 Å². The number of benzene rings is 2. The monoisotopic (exact) mass is 465 g/mol. The van der Waals surface area contributed by atoms with Crippen LogP contribution in [0, 0.1) is 5.41 Å². The molecule has 1 aliphatic heterocycles. The zero-order chi connectivity index (χ0) is 20.4. The summed E-state index contributed by atoms with van der Waals surface area (Å²) in [6.07, 6.45) is 3.80. The molecule has 0 fully saturated rings. The fraction of sp³-hybridized carbons (Fsp3) is 0.455. The van der Waals surface area contributed by atoms with Gasteiger partial charge < -0.3 is 9.64 Å². The van der Waals surface area contributed by atoms with Crippen molar-refractivity contribution < 1.29 is 13.2 Å². The molecule has 2 aromatic rings. The predicted octanol–water partition coefficient (Wildman–Crippen LogP) is 5.97. The summed E-state index contributed by atoms with van der Waals surface area (Å²) in [6.45, 7) is 4.94. The number of ether oxygens (including phenoxy) is 1. The SMILES string of the molecule is CCCCC1(CC)CN(c2ccccc2)c2cc(Br)c(OC)cc2S(=O)(=O)C1. The van der Waals surface area contributed by atoms with E-state index in [1.807, 2.05) is 36.4 Å². The summed E-state index contributed by atoms with van der Waals surface area (Å²) in [5.74, 6) is 0.699. The number of anilines is 2. The predicted molar refractivity (Wildman–Crippen MR) is 118 cm³/mol. The highest BCUT2D eigenvalue weighted by molar-refractivity contribution is 9.10. The summed E-state index contributed by atoms with van der Waals surface area (Å²) in [4.78, 5) is 2.52. The Morgan fingerprint density at radius 3 is 2.50 bits per heavy atom. The molecule has 3 rings (SSSR count). The van der Waals surface area contributed by atoms with Crippen LogP contribution in [0.4, 0.5) is 11.4 Å². The second kappa shape index (κ2) is 8.46. The van der Waals surface area contributed by atoms with Gasteiger partial charge in [-0.3, -0.25) is 0 Å². The minimum Gasteiger partial charge on any atom is -0.496 e. The van der Waals surface area contributed by atoms with Crippen molar-refractivity contribution in [1.29, 1.82) is 0 Å². The lowest BCUT2D eigenvalue weighted by Crippen LogP contribution is -2.37. The van der Waals surface area contributed by atoms with Gasteiger partial charge in [-0.1, -0.05) is 44.9 Å². The van der Waals surface area contributed by atoms with Crippen molar-refractivity contribution >= 4 is 37.1 Å². The molecular weight excluding hydrogens is 438 g/mol. The largest absolute Gasteiger partial charge is 0.496 e. The van der Waals surface area contributed by atoms with Crippen LogP contribution in [-0.2, 0) is 9.84 Å². The minimum atomic E-state index is -3.46. The third-order valence-corrected chi connectivity index (χ3v) is 8.34. The van der Waals surface area contributed by atoms with E-state index in [0.29, 0.717) is 22.9 Å². The number of para-hydroxylation sites is 1. The van der Waals surface area contributed by atoms with Gasteiger partial charge in [0.05, 0.1) is 27.9 Å². The molecule has 2 aromatic carbocycles. The molecule has 0 bridgehead atoms. The van der Waals surface area contributed by atoms with E-state index in [1.54, 1.807) is 13.2 Å². The first-order valence-electron chi connectivity index (χ1n) is 9.78. The molecule has 1 heterocycles. The molecule has 28 heavy (non-hydrogen) atoms. The molecule has 0 N–H and O–H groups in total. The fourth-order valence-electron chi connectivity index (χ4n) is 4.02. The van der Waals surface area contributed by atoms with Gasteiger partial charge in [-0.15, -0.1) is 0 Å². The van der Waals surface area contributed by atoms with Crippen molar-refractivity contribution in [1.82, 2.24) is 0 Å². The van der Waals surface area contributed by atoms with E-state index in [1.165, 1.54) is 0 Å². The molecule has 0 spiro atoms. The lowest BCUT2D eigenvalue weighted by Gasteiger charge is -2.36. The van der Waals surface area contributed by atoms with Crippen LogP contribution in [0.5, 0.6) is 5.75 Å². The first-order chi connectivity index (χ1) is 13.4. The Kier molecular flexibility index (Phi) is 6.40. The molecular formula is C22H28BrNO3S. The van der Waals surface area contributed by atoms with E-state index in [-0.39, 0.29) is 11.2 Å². The lowest BCUT2D eigenvalue weighted by atomic mass is 9.81. The van der Waals surface area contributed by atoms with Crippen LogP contribution >= 0.6 is 15.9 Å². The summed E-state index contributed by atoms with van der Waals surface area (Å²) in [5, 5.41) is 0. The van der Waals surface area contributed by atoms with Crippen molar-refractivity contribution in [3.63, 3.8) is 0 Å². The topological polar surface area (TPSA) is 46.6 Å². The molecule has 0 aliphatic carbocycles. The fourth-order valence-corrected chi connectivity index (χ4v) is 6.69. The number of halogens is 1. The van der Waals surface area contributed by atoms with Gasteiger partial charge in [0, 0.05) is 23.7 Å². The van der Waals surface area contributed by atoms with E-state index in [9.17, 15) is 8.42 Å². The second-order valence-electron chi connectivity index (χ2n) is 7.59. The molecule has 1 atom stereocenters. The molecule has 4 nitrogen and oxygen atoms in total. The van der Waals surface area contributed by atoms with Crippen LogP contribution in [0.25, 0.3) is 0 Å². The average molecular weight is 466 g/mol. The number of hydrogen-bond acceptors (Lipinski definition) is 4. The van der Waals surface area contributed by atoms with Gasteiger partial charge in [0.2, 0.25) is 0 Å². The zero-order valence-corrected chi connectivity index (χ0v) is 19.1. The van der Waals surface area contributed by atoms with Crippen molar-refractivity contribution in [2.24, 2.45) is 5.41 Å². The van der Waals surface area contributed by atoms with E-state index < -0.39 is 9.84 Å². The van der Waals surface area contributed by atoms with E-state index in [2.05, 4.69) is 34.7 Å². The molecule has 0 aromatic heterocycles. The number of methoxy groups -OCH3 is 1. The van der Waals surface area contributed by atoms with Crippen molar-refractivity contribution in [2.45, 2.75) is 44.4 Å². The average Bonchev–Trinajstić information content (AvgIpc) is 2.79. The van der Waals surface area contributed by atoms with Crippen LogP contribution in [0.1, 0.15) is 39.5 Å². The summed E-state index contributed by atoms with van der Waals surface area (Å²) >= 11 is 3.54. The third kappa shape index (κ3) is 4.08. The van der Waals surface area contributed by atoms with Crippen LogP contribution in [-0.4, -0.2) is 27.8 Å². The van der Waals surface area contributed by atoms with Gasteiger partial charge in [-0.05, 0) is 47.0 Å². The van der Waals surface area contributed by atoms with Gasteiger partial charge in [0.15, 0.2) is 9.84 Å². The normalized spacial score (nSPS) is 21.1. The highest BCUT2D eigenvalue weighted by Gasteiger charge is 2.41. The van der Waals surface area contributed by atoms with E-state index >= 15 is 0 Å². The number of unbranched alkanes of at least 4 members (excludes halogenated alkanes) is 1. The Bertz CT molecular complexity index is 930. The van der Waals surface area contributed by atoms with Gasteiger partial charge in [0.1, 0.15) is 5.75 Å². The molecule has 6 heteroatoms. The molecule has 0 saturated heterocycles.